The second kappa shape index (κ2) is 6.25. The molecule has 1 aromatic heterocycles. The van der Waals surface area contributed by atoms with E-state index in [-0.39, 0.29) is 0 Å². The van der Waals surface area contributed by atoms with E-state index in [1.165, 1.54) is 5.69 Å². The highest BCUT2D eigenvalue weighted by atomic mass is 79.9. The van der Waals surface area contributed by atoms with Crippen molar-refractivity contribution in [2.45, 2.75) is 25.8 Å². The SMILES string of the molecule is COCCn1ncc(Br)c1C(C)CCN. The minimum atomic E-state index is 0.420. The van der Waals surface area contributed by atoms with E-state index < -0.39 is 0 Å². The van der Waals surface area contributed by atoms with Gasteiger partial charge in [0.1, 0.15) is 0 Å². The van der Waals surface area contributed by atoms with Crippen molar-refractivity contribution in [1.29, 1.82) is 0 Å². The lowest BCUT2D eigenvalue weighted by Crippen LogP contribution is -2.13. The number of aromatic nitrogens is 2. The summed E-state index contributed by atoms with van der Waals surface area (Å²) in [5.74, 6) is 0.420. The van der Waals surface area contributed by atoms with E-state index in [1.54, 1.807) is 7.11 Å². The lowest BCUT2D eigenvalue weighted by molar-refractivity contribution is 0.182. The first-order chi connectivity index (χ1) is 7.20. The number of nitrogens with two attached hydrogens (primary N) is 1. The van der Waals surface area contributed by atoms with Gasteiger partial charge in [-0.05, 0) is 28.9 Å². The fourth-order valence-electron chi connectivity index (χ4n) is 1.60. The summed E-state index contributed by atoms with van der Waals surface area (Å²) in [4.78, 5) is 0. The van der Waals surface area contributed by atoms with Gasteiger partial charge in [0.25, 0.3) is 0 Å². The predicted octanol–water partition coefficient (Wildman–Crippen LogP) is 1.74. The third kappa shape index (κ3) is 3.29. The molecule has 0 saturated heterocycles. The molecule has 0 aliphatic heterocycles. The Labute approximate surface area is 98.9 Å². The third-order valence-electron chi connectivity index (χ3n) is 2.41. The van der Waals surface area contributed by atoms with Crippen molar-refractivity contribution >= 4 is 15.9 Å². The Kier molecular flexibility index (Phi) is 5.28. The molecule has 0 aliphatic carbocycles. The molecule has 0 saturated carbocycles. The van der Waals surface area contributed by atoms with Crippen LogP contribution >= 0.6 is 15.9 Å². The van der Waals surface area contributed by atoms with Gasteiger partial charge >= 0.3 is 0 Å². The van der Waals surface area contributed by atoms with E-state index in [0.29, 0.717) is 19.1 Å². The quantitative estimate of drug-likeness (QED) is 0.861. The largest absolute Gasteiger partial charge is 0.383 e. The maximum atomic E-state index is 5.57. The molecule has 4 nitrogen and oxygen atoms in total. The number of ether oxygens (including phenoxy) is 1. The summed E-state index contributed by atoms with van der Waals surface area (Å²) >= 11 is 3.51. The zero-order valence-electron chi connectivity index (χ0n) is 9.24. The average molecular weight is 276 g/mol. The molecule has 1 rings (SSSR count). The van der Waals surface area contributed by atoms with Crippen molar-refractivity contribution < 1.29 is 4.74 Å². The Bertz CT molecular complexity index is 301. The highest BCUT2D eigenvalue weighted by Gasteiger charge is 2.15. The smallest absolute Gasteiger partial charge is 0.0658 e. The van der Waals surface area contributed by atoms with Crippen molar-refractivity contribution in [2.24, 2.45) is 5.73 Å². The molecule has 1 aromatic rings. The van der Waals surface area contributed by atoms with Gasteiger partial charge in [0.2, 0.25) is 0 Å². The maximum absolute atomic E-state index is 5.57. The number of hydrogen-bond donors (Lipinski definition) is 1. The number of methoxy groups -OCH3 is 1. The lowest BCUT2D eigenvalue weighted by atomic mass is 10.0. The molecule has 1 heterocycles. The van der Waals surface area contributed by atoms with Gasteiger partial charge in [-0.25, -0.2) is 0 Å². The van der Waals surface area contributed by atoms with Gasteiger partial charge in [-0.15, -0.1) is 0 Å². The molecule has 2 N–H and O–H groups in total. The van der Waals surface area contributed by atoms with Gasteiger partial charge < -0.3 is 10.5 Å². The van der Waals surface area contributed by atoms with Crippen LogP contribution in [0.15, 0.2) is 10.7 Å². The minimum absolute atomic E-state index is 0.420. The highest BCUT2D eigenvalue weighted by molar-refractivity contribution is 9.10. The molecular formula is C10H18BrN3O. The standard InChI is InChI=1S/C10H18BrN3O/c1-8(3-4-12)10-9(11)7-13-14(10)5-6-15-2/h7-8H,3-6,12H2,1-2H3. The van der Waals surface area contributed by atoms with Crippen molar-refractivity contribution in [1.82, 2.24) is 9.78 Å². The molecule has 0 fully saturated rings. The first-order valence-electron chi connectivity index (χ1n) is 5.11. The van der Waals surface area contributed by atoms with Crippen LogP contribution in [-0.4, -0.2) is 30.0 Å². The summed E-state index contributed by atoms with van der Waals surface area (Å²) in [7, 11) is 1.70. The normalized spacial score (nSPS) is 13.1. The van der Waals surface area contributed by atoms with E-state index in [2.05, 4.69) is 28.0 Å². The van der Waals surface area contributed by atoms with Gasteiger partial charge in [-0.2, -0.15) is 5.10 Å². The van der Waals surface area contributed by atoms with E-state index in [9.17, 15) is 0 Å². The molecular weight excluding hydrogens is 258 g/mol. The van der Waals surface area contributed by atoms with Crippen LogP contribution in [0.2, 0.25) is 0 Å². The topological polar surface area (TPSA) is 53.1 Å². The molecule has 1 unspecified atom stereocenters. The third-order valence-corrected chi connectivity index (χ3v) is 3.02. The Morgan fingerprint density at radius 2 is 2.40 bits per heavy atom. The first-order valence-corrected chi connectivity index (χ1v) is 5.90. The van der Waals surface area contributed by atoms with Crippen LogP contribution in [-0.2, 0) is 11.3 Å². The molecule has 0 aliphatic rings. The molecule has 0 aromatic carbocycles. The molecule has 0 amide bonds. The number of halogens is 1. The maximum Gasteiger partial charge on any atom is 0.0658 e. The molecule has 86 valence electrons. The Balaban J connectivity index is 2.78. The lowest BCUT2D eigenvalue weighted by Gasteiger charge is -2.13. The predicted molar refractivity (Wildman–Crippen MR) is 63.9 cm³/mol. The zero-order chi connectivity index (χ0) is 11.3. The first kappa shape index (κ1) is 12.7. The van der Waals surface area contributed by atoms with Crippen molar-refractivity contribution in [3.05, 3.63) is 16.4 Å². The molecule has 0 spiro atoms. The van der Waals surface area contributed by atoms with E-state index in [0.717, 1.165) is 17.4 Å². The summed E-state index contributed by atoms with van der Waals surface area (Å²) in [6, 6.07) is 0. The molecule has 1 atom stereocenters. The number of rotatable bonds is 6. The van der Waals surface area contributed by atoms with Gasteiger partial charge in [-0.1, -0.05) is 6.92 Å². The monoisotopic (exact) mass is 275 g/mol. The van der Waals surface area contributed by atoms with Crippen LogP contribution < -0.4 is 5.73 Å². The van der Waals surface area contributed by atoms with Crippen molar-refractivity contribution in [3.8, 4) is 0 Å². The van der Waals surface area contributed by atoms with Gasteiger partial charge in [0, 0.05) is 13.0 Å². The highest BCUT2D eigenvalue weighted by Crippen LogP contribution is 2.26. The Hall–Kier alpha value is -0.390. The zero-order valence-corrected chi connectivity index (χ0v) is 10.8. The van der Waals surface area contributed by atoms with Gasteiger partial charge in [-0.3, -0.25) is 4.68 Å². The van der Waals surface area contributed by atoms with E-state index >= 15 is 0 Å². The summed E-state index contributed by atoms with van der Waals surface area (Å²) in [5, 5.41) is 4.31. The van der Waals surface area contributed by atoms with Gasteiger partial charge in [0.05, 0.1) is 29.5 Å². The molecule has 0 bridgehead atoms. The summed E-state index contributed by atoms with van der Waals surface area (Å²) in [6.07, 6.45) is 2.80. The summed E-state index contributed by atoms with van der Waals surface area (Å²) in [5.41, 5.74) is 6.77. The van der Waals surface area contributed by atoms with Crippen molar-refractivity contribution in [3.63, 3.8) is 0 Å². The summed E-state index contributed by atoms with van der Waals surface area (Å²) in [6.45, 7) is 4.32. The van der Waals surface area contributed by atoms with Crippen LogP contribution in [0.5, 0.6) is 0 Å². The average Bonchev–Trinajstić information content (AvgIpc) is 2.57. The number of hydrogen-bond acceptors (Lipinski definition) is 3. The van der Waals surface area contributed by atoms with Crippen LogP contribution in [0.25, 0.3) is 0 Å². The van der Waals surface area contributed by atoms with Crippen LogP contribution in [0, 0.1) is 0 Å². The van der Waals surface area contributed by atoms with Gasteiger partial charge in [0.15, 0.2) is 0 Å². The molecule has 15 heavy (non-hydrogen) atoms. The van der Waals surface area contributed by atoms with Crippen LogP contribution in [0.3, 0.4) is 0 Å². The fraction of sp³-hybridized carbons (Fsp3) is 0.700. The van der Waals surface area contributed by atoms with E-state index in [4.69, 9.17) is 10.5 Å². The van der Waals surface area contributed by atoms with Crippen LogP contribution in [0.1, 0.15) is 25.0 Å². The Morgan fingerprint density at radius 1 is 1.67 bits per heavy atom. The van der Waals surface area contributed by atoms with Crippen molar-refractivity contribution in [2.75, 3.05) is 20.3 Å². The molecule has 5 heteroatoms. The minimum Gasteiger partial charge on any atom is -0.383 e. The second-order valence-corrected chi connectivity index (χ2v) is 4.43. The van der Waals surface area contributed by atoms with E-state index in [1.807, 2.05) is 10.9 Å². The fourth-order valence-corrected chi connectivity index (χ4v) is 2.29. The molecule has 0 radical (unpaired) electrons. The summed E-state index contributed by atoms with van der Waals surface area (Å²) < 4.78 is 8.08. The number of nitrogens with zero attached hydrogens (tertiary/aromatic N) is 2. The second-order valence-electron chi connectivity index (χ2n) is 3.57. The Morgan fingerprint density at radius 3 is 3.00 bits per heavy atom. The van der Waals surface area contributed by atoms with Crippen LogP contribution in [0.4, 0.5) is 0 Å².